The maximum atomic E-state index is 12.0. The van der Waals surface area contributed by atoms with E-state index in [-0.39, 0.29) is 0 Å². The van der Waals surface area contributed by atoms with Crippen molar-refractivity contribution in [1.29, 1.82) is 0 Å². The zero-order chi connectivity index (χ0) is 20.4. The molecule has 8 heteroatoms. The van der Waals surface area contributed by atoms with E-state index in [1.54, 1.807) is 17.4 Å². The first-order chi connectivity index (χ1) is 14.1. The van der Waals surface area contributed by atoms with Crippen LogP contribution in [0, 0.1) is 0 Å². The van der Waals surface area contributed by atoms with Crippen LogP contribution in [0.5, 0.6) is 0 Å². The SMILES string of the molecule is CN[C@H]1CCCC[C@H]1N(C)c1ccc(C(N)=O)c(Nc2cccc3ncsc23)n1. The van der Waals surface area contributed by atoms with Crippen LogP contribution in [-0.2, 0) is 0 Å². The number of nitrogens with zero attached hydrogens (tertiary/aromatic N) is 3. The summed E-state index contributed by atoms with van der Waals surface area (Å²) >= 11 is 1.55. The summed E-state index contributed by atoms with van der Waals surface area (Å²) in [4.78, 5) is 23.4. The van der Waals surface area contributed by atoms with Crippen molar-refractivity contribution in [3.05, 3.63) is 41.4 Å². The Hall–Kier alpha value is -2.71. The van der Waals surface area contributed by atoms with Gasteiger partial charge in [-0.05, 0) is 44.2 Å². The lowest BCUT2D eigenvalue weighted by Gasteiger charge is -2.38. The molecule has 0 spiro atoms. The Morgan fingerprint density at radius 1 is 1.24 bits per heavy atom. The molecule has 7 nitrogen and oxygen atoms in total. The Morgan fingerprint density at radius 3 is 2.86 bits per heavy atom. The van der Waals surface area contributed by atoms with E-state index in [9.17, 15) is 4.79 Å². The van der Waals surface area contributed by atoms with Crippen LogP contribution in [0.1, 0.15) is 36.0 Å². The zero-order valence-electron chi connectivity index (χ0n) is 16.7. The summed E-state index contributed by atoms with van der Waals surface area (Å²) in [6.45, 7) is 0. The highest BCUT2D eigenvalue weighted by Crippen LogP contribution is 2.31. The molecule has 1 aliphatic rings. The van der Waals surface area contributed by atoms with Crippen molar-refractivity contribution in [2.45, 2.75) is 37.8 Å². The number of carbonyl (C=O) groups is 1. The van der Waals surface area contributed by atoms with Gasteiger partial charge < -0.3 is 21.3 Å². The monoisotopic (exact) mass is 410 g/mol. The standard InChI is InChI=1S/C21H26N6OS/c1-23-14-6-3-4-9-17(14)27(2)18-11-10-13(20(22)28)21(26-18)25-16-8-5-7-15-19(16)29-12-24-15/h5,7-8,10-12,14,17,23H,3-4,6,9H2,1-2H3,(H2,22,28)(H,25,26)/t14-,17+/m0/s1. The third kappa shape index (κ3) is 3.90. The van der Waals surface area contributed by atoms with Crippen LogP contribution in [0.2, 0.25) is 0 Å². The van der Waals surface area contributed by atoms with Gasteiger partial charge in [-0.1, -0.05) is 18.9 Å². The zero-order valence-corrected chi connectivity index (χ0v) is 17.5. The molecular formula is C21H26N6OS. The highest BCUT2D eigenvalue weighted by Gasteiger charge is 2.28. The van der Waals surface area contributed by atoms with Gasteiger partial charge in [-0.25, -0.2) is 9.97 Å². The highest BCUT2D eigenvalue weighted by molar-refractivity contribution is 7.17. The summed E-state index contributed by atoms with van der Waals surface area (Å²) in [5.41, 5.74) is 9.58. The number of primary amides is 1. The third-order valence-corrected chi connectivity index (χ3v) is 6.59. The first-order valence-corrected chi connectivity index (χ1v) is 10.8. The minimum absolute atomic E-state index is 0.360. The number of rotatable bonds is 6. The van der Waals surface area contributed by atoms with Gasteiger partial charge in [-0.3, -0.25) is 4.79 Å². The molecular weight excluding hydrogens is 384 g/mol. The summed E-state index contributed by atoms with van der Waals surface area (Å²) in [5.74, 6) is 0.789. The van der Waals surface area contributed by atoms with Crippen molar-refractivity contribution in [3.63, 3.8) is 0 Å². The number of amides is 1. The van der Waals surface area contributed by atoms with Crippen LogP contribution in [0.3, 0.4) is 0 Å². The molecule has 1 aliphatic carbocycles. The molecule has 2 aromatic heterocycles. The molecule has 1 fully saturated rings. The molecule has 1 saturated carbocycles. The Kier molecular flexibility index (Phi) is 5.64. The van der Waals surface area contributed by atoms with Crippen molar-refractivity contribution in [2.75, 3.05) is 24.3 Å². The summed E-state index contributed by atoms with van der Waals surface area (Å²) < 4.78 is 1.02. The third-order valence-electron chi connectivity index (χ3n) is 5.71. The van der Waals surface area contributed by atoms with Gasteiger partial charge in [-0.15, -0.1) is 11.3 Å². The van der Waals surface area contributed by atoms with Gasteiger partial charge in [-0.2, -0.15) is 0 Å². The van der Waals surface area contributed by atoms with Crippen LogP contribution in [-0.4, -0.2) is 42.1 Å². The first-order valence-electron chi connectivity index (χ1n) is 9.88. The van der Waals surface area contributed by atoms with Gasteiger partial charge >= 0.3 is 0 Å². The predicted octanol–water partition coefficient (Wildman–Crippen LogP) is 3.50. The van der Waals surface area contributed by atoms with E-state index in [0.29, 0.717) is 23.5 Å². The number of thiazole rings is 1. The molecule has 2 atom stereocenters. The Balaban J connectivity index is 1.69. The van der Waals surface area contributed by atoms with Gasteiger partial charge in [0.25, 0.3) is 5.91 Å². The quantitative estimate of drug-likeness (QED) is 0.576. The molecule has 1 amide bonds. The molecule has 152 valence electrons. The van der Waals surface area contributed by atoms with Crippen LogP contribution >= 0.6 is 11.3 Å². The lowest BCUT2D eigenvalue weighted by molar-refractivity contribution is 0.100. The molecule has 0 saturated heterocycles. The molecule has 2 heterocycles. The molecule has 3 aromatic rings. The number of likely N-dealkylation sites (N-methyl/N-ethyl adjacent to an activating group) is 2. The van der Waals surface area contributed by atoms with Gasteiger partial charge in [0.2, 0.25) is 0 Å². The number of hydrogen-bond acceptors (Lipinski definition) is 7. The summed E-state index contributed by atoms with van der Waals surface area (Å²) in [6, 6.07) is 10.3. The van der Waals surface area contributed by atoms with Gasteiger partial charge in [0.05, 0.1) is 27.0 Å². The van der Waals surface area contributed by atoms with Crippen molar-refractivity contribution < 1.29 is 4.79 Å². The summed E-state index contributed by atoms with van der Waals surface area (Å²) in [5, 5.41) is 6.76. The average Bonchev–Trinajstić information content (AvgIpc) is 3.23. The fourth-order valence-electron chi connectivity index (χ4n) is 4.13. The van der Waals surface area contributed by atoms with E-state index < -0.39 is 5.91 Å². The fourth-order valence-corrected chi connectivity index (χ4v) is 4.89. The molecule has 0 aliphatic heterocycles. The van der Waals surface area contributed by atoms with E-state index >= 15 is 0 Å². The number of aromatic nitrogens is 2. The lowest BCUT2D eigenvalue weighted by Crippen LogP contribution is -2.49. The predicted molar refractivity (Wildman–Crippen MR) is 119 cm³/mol. The Bertz CT molecular complexity index is 1020. The second-order valence-electron chi connectivity index (χ2n) is 7.42. The van der Waals surface area contributed by atoms with Crippen LogP contribution in [0.25, 0.3) is 10.2 Å². The van der Waals surface area contributed by atoms with E-state index in [4.69, 9.17) is 10.7 Å². The van der Waals surface area contributed by atoms with Gasteiger partial charge in [0.15, 0.2) is 0 Å². The normalized spacial score (nSPS) is 19.2. The topological polar surface area (TPSA) is 96.2 Å². The van der Waals surface area contributed by atoms with Crippen LogP contribution < -0.4 is 21.3 Å². The largest absolute Gasteiger partial charge is 0.365 e. The smallest absolute Gasteiger partial charge is 0.252 e. The van der Waals surface area contributed by atoms with Crippen molar-refractivity contribution in [1.82, 2.24) is 15.3 Å². The minimum Gasteiger partial charge on any atom is -0.365 e. The highest BCUT2D eigenvalue weighted by atomic mass is 32.1. The molecule has 4 rings (SSSR count). The van der Waals surface area contributed by atoms with Crippen LogP contribution in [0.15, 0.2) is 35.8 Å². The van der Waals surface area contributed by atoms with Gasteiger partial charge in [0, 0.05) is 19.1 Å². The maximum absolute atomic E-state index is 12.0. The van der Waals surface area contributed by atoms with Crippen molar-refractivity contribution >= 4 is 44.8 Å². The number of benzene rings is 1. The number of fused-ring (bicyclic) bond motifs is 1. The van der Waals surface area contributed by atoms with E-state index in [2.05, 4.69) is 27.6 Å². The van der Waals surface area contributed by atoms with E-state index in [1.165, 1.54) is 12.8 Å². The summed E-state index contributed by atoms with van der Waals surface area (Å²) in [6.07, 6.45) is 4.73. The second kappa shape index (κ2) is 8.34. The average molecular weight is 411 g/mol. The number of nitrogens with two attached hydrogens (primary N) is 1. The first kappa shape index (κ1) is 19.6. The fraction of sp³-hybridized carbons (Fsp3) is 0.381. The maximum Gasteiger partial charge on any atom is 0.252 e. The van der Waals surface area contributed by atoms with E-state index in [0.717, 1.165) is 34.6 Å². The molecule has 4 N–H and O–H groups in total. The Morgan fingerprint density at radius 2 is 2.07 bits per heavy atom. The molecule has 0 unspecified atom stereocenters. The second-order valence-corrected chi connectivity index (χ2v) is 8.27. The lowest BCUT2D eigenvalue weighted by atomic mass is 9.89. The molecule has 0 radical (unpaired) electrons. The number of nitrogens with one attached hydrogen (secondary N) is 2. The number of hydrogen-bond donors (Lipinski definition) is 3. The van der Waals surface area contributed by atoms with Crippen LogP contribution in [0.4, 0.5) is 17.3 Å². The minimum atomic E-state index is -0.503. The van der Waals surface area contributed by atoms with Gasteiger partial charge in [0.1, 0.15) is 11.6 Å². The van der Waals surface area contributed by atoms with Crippen molar-refractivity contribution in [2.24, 2.45) is 5.73 Å². The molecule has 0 bridgehead atoms. The molecule has 29 heavy (non-hydrogen) atoms. The molecule has 1 aromatic carbocycles. The summed E-state index contributed by atoms with van der Waals surface area (Å²) in [7, 11) is 4.09. The number of carbonyl (C=O) groups excluding carboxylic acids is 1. The Labute approximate surface area is 174 Å². The van der Waals surface area contributed by atoms with E-state index in [1.807, 2.05) is 36.8 Å². The number of pyridine rings is 1. The number of anilines is 3. The van der Waals surface area contributed by atoms with Crippen molar-refractivity contribution in [3.8, 4) is 0 Å².